The predicted molar refractivity (Wildman–Crippen MR) is 107 cm³/mol. The minimum Gasteiger partial charge on any atom is -0.312 e. The first-order valence-corrected chi connectivity index (χ1v) is 9.64. The molecule has 0 fully saturated rings. The standard InChI is InChI=1S/C18H15ClFN3S2/c19-14-8-13(24-11-12-4-2-1-3-5-12)10-23-15(14)6-7-16(23)18(22)25-17(21)9-20/h1-8,10,21-22H,9,11H2. The summed E-state index contributed by atoms with van der Waals surface area (Å²) in [6.07, 6.45) is 1.93. The molecule has 0 bridgehead atoms. The van der Waals surface area contributed by atoms with Gasteiger partial charge in [0.1, 0.15) is 16.8 Å². The second-order valence-corrected chi connectivity index (χ2v) is 7.82. The van der Waals surface area contributed by atoms with Crippen LogP contribution in [0.25, 0.3) is 5.52 Å². The Bertz CT molecular complexity index is 925. The quantitative estimate of drug-likeness (QED) is 0.323. The van der Waals surface area contributed by atoms with Crippen LogP contribution >= 0.6 is 35.1 Å². The summed E-state index contributed by atoms with van der Waals surface area (Å²) in [5, 5.41) is 16.1. The van der Waals surface area contributed by atoms with Crippen LogP contribution in [-0.2, 0) is 5.75 Å². The van der Waals surface area contributed by atoms with Crippen molar-refractivity contribution in [2.75, 3.05) is 6.67 Å². The summed E-state index contributed by atoms with van der Waals surface area (Å²) in [5.41, 5.74) is 2.61. The molecule has 0 atom stereocenters. The van der Waals surface area contributed by atoms with Crippen molar-refractivity contribution in [3.05, 3.63) is 71.0 Å². The molecule has 3 aromatic rings. The number of pyridine rings is 1. The number of rotatable bonds is 5. The summed E-state index contributed by atoms with van der Waals surface area (Å²) < 4.78 is 14.3. The highest BCUT2D eigenvalue weighted by Crippen LogP contribution is 2.30. The Balaban J connectivity index is 1.87. The van der Waals surface area contributed by atoms with Crippen LogP contribution in [0.15, 0.2) is 59.6 Å². The number of thioether (sulfide) groups is 2. The van der Waals surface area contributed by atoms with E-state index in [1.54, 1.807) is 17.8 Å². The van der Waals surface area contributed by atoms with Gasteiger partial charge in [-0.2, -0.15) is 0 Å². The first kappa shape index (κ1) is 18.0. The fourth-order valence-electron chi connectivity index (χ4n) is 2.35. The van der Waals surface area contributed by atoms with E-state index in [-0.39, 0.29) is 10.1 Å². The molecule has 128 valence electrons. The van der Waals surface area contributed by atoms with Gasteiger partial charge in [-0.1, -0.05) is 53.7 Å². The summed E-state index contributed by atoms with van der Waals surface area (Å²) in [6.45, 7) is -0.866. The van der Waals surface area contributed by atoms with E-state index in [0.717, 1.165) is 27.9 Å². The minimum atomic E-state index is -0.866. The first-order valence-electron chi connectivity index (χ1n) is 7.46. The molecule has 0 aliphatic rings. The van der Waals surface area contributed by atoms with Crippen LogP contribution in [-0.4, -0.2) is 21.2 Å². The molecule has 0 saturated heterocycles. The van der Waals surface area contributed by atoms with Crippen LogP contribution in [0, 0.1) is 10.8 Å². The number of nitrogens with one attached hydrogen (secondary N) is 2. The molecule has 25 heavy (non-hydrogen) atoms. The van der Waals surface area contributed by atoms with Gasteiger partial charge in [-0.25, -0.2) is 4.39 Å². The molecule has 2 heterocycles. The molecular weight excluding hydrogens is 377 g/mol. The first-order chi connectivity index (χ1) is 12.1. The normalized spacial score (nSPS) is 11.0. The van der Waals surface area contributed by atoms with Crippen molar-refractivity contribution >= 4 is 50.7 Å². The molecule has 1 aromatic carbocycles. The second kappa shape index (κ2) is 8.08. The van der Waals surface area contributed by atoms with E-state index in [4.69, 9.17) is 22.4 Å². The van der Waals surface area contributed by atoms with Gasteiger partial charge in [-0.05, 0) is 23.8 Å². The van der Waals surface area contributed by atoms with Gasteiger partial charge in [0.2, 0.25) is 0 Å². The van der Waals surface area contributed by atoms with Gasteiger partial charge >= 0.3 is 0 Å². The average molecular weight is 392 g/mol. The summed E-state index contributed by atoms with van der Waals surface area (Å²) >= 11 is 8.86. The summed E-state index contributed by atoms with van der Waals surface area (Å²) in [4.78, 5) is 0.983. The largest absolute Gasteiger partial charge is 0.312 e. The average Bonchev–Trinajstić information content (AvgIpc) is 3.05. The van der Waals surface area contributed by atoms with E-state index in [9.17, 15) is 4.39 Å². The van der Waals surface area contributed by atoms with Crippen LogP contribution < -0.4 is 0 Å². The number of alkyl halides is 1. The van der Waals surface area contributed by atoms with Crippen molar-refractivity contribution in [3.8, 4) is 0 Å². The molecule has 2 N–H and O–H groups in total. The third-order valence-electron chi connectivity index (χ3n) is 3.52. The number of hydrogen-bond donors (Lipinski definition) is 2. The number of aromatic nitrogens is 1. The lowest BCUT2D eigenvalue weighted by Crippen LogP contribution is -2.04. The Labute approximate surface area is 158 Å². The zero-order valence-electron chi connectivity index (χ0n) is 13.1. The van der Waals surface area contributed by atoms with Crippen LogP contribution in [0.5, 0.6) is 0 Å². The number of hydrogen-bond acceptors (Lipinski definition) is 4. The molecule has 0 unspecified atom stereocenters. The van der Waals surface area contributed by atoms with E-state index in [0.29, 0.717) is 10.7 Å². The SMILES string of the molecule is N=C(CF)SC(=N)c1ccc2c(Cl)cc(SCc3ccccc3)cn12. The molecule has 3 rings (SSSR count). The lowest BCUT2D eigenvalue weighted by Gasteiger charge is -2.09. The van der Waals surface area contributed by atoms with Crippen LogP contribution in [0.1, 0.15) is 11.3 Å². The highest BCUT2D eigenvalue weighted by atomic mass is 35.5. The van der Waals surface area contributed by atoms with Gasteiger partial charge < -0.3 is 4.40 Å². The number of benzene rings is 1. The Morgan fingerprint density at radius 2 is 1.88 bits per heavy atom. The zero-order chi connectivity index (χ0) is 17.8. The van der Waals surface area contributed by atoms with E-state index < -0.39 is 6.67 Å². The van der Waals surface area contributed by atoms with Gasteiger partial charge in [-0.15, -0.1) is 11.8 Å². The van der Waals surface area contributed by atoms with Crippen molar-refractivity contribution in [3.63, 3.8) is 0 Å². The number of halogens is 2. The van der Waals surface area contributed by atoms with Crippen LogP contribution in [0.4, 0.5) is 4.39 Å². The van der Waals surface area contributed by atoms with Crippen LogP contribution in [0.3, 0.4) is 0 Å². The van der Waals surface area contributed by atoms with E-state index in [1.165, 1.54) is 5.56 Å². The van der Waals surface area contributed by atoms with E-state index >= 15 is 0 Å². The highest BCUT2D eigenvalue weighted by molar-refractivity contribution is 8.26. The summed E-state index contributed by atoms with van der Waals surface area (Å²) in [5.74, 6) is 0.817. The maximum absolute atomic E-state index is 12.5. The Hall–Kier alpha value is -1.76. The molecule has 0 spiro atoms. The maximum Gasteiger partial charge on any atom is 0.137 e. The predicted octanol–water partition coefficient (Wildman–Crippen LogP) is 5.89. The Kier molecular flexibility index (Phi) is 5.83. The van der Waals surface area contributed by atoms with Crippen molar-refractivity contribution in [2.45, 2.75) is 10.6 Å². The topological polar surface area (TPSA) is 52.1 Å². The van der Waals surface area contributed by atoms with Gasteiger partial charge in [0.05, 0.1) is 16.2 Å². The highest BCUT2D eigenvalue weighted by Gasteiger charge is 2.13. The Morgan fingerprint density at radius 1 is 1.12 bits per heavy atom. The molecule has 0 saturated carbocycles. The third-order valence-corrected chi connectivity index (χ3v) is 5.62. The Morgan fingerprint density at radius 3 is 2.60 bits per heavy atom. The smallest absolute Gasteiger partial charge is 0.137 e. The van der Waals surface area contributed by atoms with Crippen molar-refractivity contribution in [2.24, 2.45) is 0 Å². The maximum atomic E-state index is 12.5. The monoisotopic (exact) mass is 391 g/mol. The van der Waals surface area contributed by atoms with Crippen molar-refractivity contribution < 1.29 is 4.39 Å². The zero-order valence-corrected chi connectivity index (χ0v) is 15.5. The molecule has 7 heteroatoms. The fourth-order valence-corrected chi connectivity index (χ4v) is 4.17. The number of nitrogens with zero attached hydrogens (tertiary/aromatic N) is 1. The van der Waals surface area contributed by atoms with Gasteiger partial charge in [0.25, 0.3) is 0 Å². The van der Waals surface area contributed by atoms with Gasteiger partial charge in [0.15, 0.2) is 0 Å². The second-order valence-electron chi connectivity index (χ2n) is 5.26. The molecule has 0 aliphatic heterocycles. The van der Waals surface area contributed by atoms with Gasteiger partial charge in [0, 0.05) is 16.8 Å². The molecular formula is C18H15ClFN3S2. The van der Waals surface area contributed by atoms with Crippen molar-refractivity contribution in [1.82, 2.24) is 4.40 Å². The van der Waals surface area contributed by atoms with Crippen molar-refractivity contribution in [1.29, 1.82) is 10.8 Å². The summed E-state index contributed by atoms with van der Waals surface area (Å²) in [7, 11) is 0. The summed E-state index contributed by atoms with van der Waals surface area (Å²) in [6, 6.07) is 15.7. The van der Waals surface area contributed by atoms with E-state index in [1.807, 2.05) is 40.9 Å². The van der Waals surface area contributed by atoms with E-state index in [2.05, 4.69) is 12.1 Å². The third kappa shape index (κ3) is 4.26. The minimum absolute atomic E-state index is 0.129. The molecule has 3 nitrogen and oxygen atoms in total. The lowest BCUT2D eigenvalue weighted by atomic mass is 10.2. The van der Waals surface area contributed by atoms with Gasteiger partial charge in [-0.3, -0.25) is 10.8 Å². The molecule has 0 amide bonds. The lowest BCUT2D eigenvalue weighted by molar-refractivity contribution is 0.584. The molecule has 0 aliphatic carbocycles. The van der Waals surface area contributed by atoms with Crippen LogP contribution in [0.2, 0.25) is 5.02 Å². The number of fused-ring (bicyclic) bond motifs is 1. The fraction of sp³-hybridized carbons (Fsp3) is 0.111. The molecule has 0 radical (unpaired) electrons. The molecule has 2 aromatic heterocycles.